The Balaban J connectivity index is 2.70. The van der Waals surface area contributed by atoms with Crippen molar-refractivity contribution in [3.05, 3.63) is 35.1 Å². The lowest BCUT2D eigenvalue weighted by Crippen LogP contribution is -2.20. The highest BCUT2D eigenvalue weighted by Crippen LogP contribution is 2.22. The Morgan fingerprint density at radius 2 is 2.19 bits per heavy atom. The van der Waals surface area contributed by atoms with Crippen LogP contribution in [0.5, 0.6) is 0 Å². The Labute approximate surface area is 102 Å². The van der Waals surface area contributed by atoms with Gasteiger partial charge in [0.2, 0.25) is 0 Å². The average molecular weight is 241 g/mol. The monoisotopic (exact) mass is 241 g/mol. The van der Waals surface area contributed by atoms with Crippen molar-refractivity contribution in [1.29, 1.82) is 0 Å². The molecule has 0 aliphatic rings. The molecule has 16 heavy (non-hydrogen) atoms. The molecule has 1 aromatic carbocycles. The van der Waals surface area contributed by atoms with Crippen LogP contribution in [0.3, 0.4) is 0 Å². The molecule has 1 N–H and O–H groups in total. The van der Waals surface area contributed by atoms with Crippen LogP contribution in [0.4, 0.5) is 4.39 Å². The number of aryl methyl sites for hydroxylation is 1. The van der Waals surface area contributed by atoms with Crippen LogP contribution in [0.15, 0.2) is 18.2 Å². The minimum Gasteiger partial charge on any atom is -0.312 e. The highest BCUT2D eigenvalue weighted by molar-refractivity contribution is 7.99. The number of benzene rings is 1. The lowest BCUT2D eigenvalue weighted by molar-refractivity contribution is 0.617. The molecule has 1 unspecified atom stereocenters. The smallest absolute Gasteiger partial charge is 0.123 e. The minimum absolute atomic E-state index is 0.155. The third-order valence-electron chi connectivity index (χ3n) is 2.59. The number of hydrogen-bond acceptors (Lipinski definition) is 2. The maximum absolute atomic E-state index is 13.0. The van der Waals surface area contributed by atoms with E-state index in [0.717, 1.165) is 11.3 Å². The van der Waals surface area contributed by atoms with Crippen LogP contribution in [0.25, 0.3) is 0 Å². The highest BCUT2D eigenvalue weighted by Gasteiger charge is 2.11. The Hall–Kier alpha value is -0.540. The van der Waals surface area contributed by atoms with Crippen molar-refractivity contribution in [2.75, 3.05) is 18.6 Å². The molecule has 0 fully saturated rings. The SMILES string of the molecule is CCCSCC(NC)c1ccc(F)cc1C. The zero-order valence-electron chi connectivity index (χ0n) is 10.2. The van der Waals surface area contributed by atoms with E-state index >= 15 is 0 Å². The first-order valence-corrected chi connectivity index (χ1v) is 6.85. The van der Waals surface area contributed by atoms with Crippen molar-refractivity contribution in [1.82, 2.24) is 5.32 Å². The fourth-order valence-corrected chi connectivity index (χ4v) is 2.74. The van der Waals surface area contributed by atoms with Crippen molar-refractivity contribution in [2.45, 2.75) is 26.3 Å². The Morgan fingerprint density at radius 3 is 2.75 bits per heavy atom. The van der Waals surface area contributed by atoms with Crippen molar-refractivity contribution in [3.8, 4) is 0 Å². The molecule has 1 rings (SSSR count). The molecule has 0 aliphatic carbocycles. The second-order valence-electron chi connectivity index (χ2n) is 3.92. The zero-order chi connectivity index (χ0) is 12.0. The molecule has 0 saturated heterocycles. The second-order valence-corrected chi connectivity index (χ2v) is 5.07. The molecule has 0 aliphatic heterocycles. The van der Waals surface area contributed by atoms with E-state index in [9.17, 15) is 4.39 Å². The van der Waals surface area contributed by atoms with Gasteiger partial charge in [-0.05, 0) is 49.4 Å². The number of rotatable bonds is 6. The number of nitrogens with one attached hydrogen (secondary N) is 1. The van der Waals surface area contributed by atoms with E-state index in [4.69, 9.17) is 0 Å². The first kappa shape index (κ1) is 13.5. The Kier molecular flexibility index (Phi) is 5.85. The first-order valence-electron chi connectivity index (χ1n) is 5.70. The first-order chi connectivity index (χ1) is 7.69. The topological polar surface area (TPSA) is 12.0 Å². The van der Waals surface area contributed by atoms with Crippen LogP contribution < -0.4 is 5.32 Å². The van der Waals surface area contributed by atoms with Gasteiger partial charge >= 0.3 is 0 Å². The summed E-state index contributed by atoms with van der Waals surface area (Å²) in [4.78, 5) is 0. The fourth-order valence-electron chi connectivity index (χ4n) is 1.70. The van der Waals surface area contributed by atoms with E-state index < -0.39 is 0 Å². The predicted molar refractivity (Wildman–Crippen MR) is 70.6 cm³/mol. The van der Waals surface area contributed by atoms with Gasteiger partial charge in [0.25, 0.3) is 0 Å². The molecule has 0 spiro atoms. The summed E-state index contributed by atoms with van der Waals surface area (Å²) in [6.45, 7) is 4.15. The molecule has 1 aromatic rings. The molecule has 0 heterocycles. The summed E-state index contributed by atoms with van der Waals surface area (Å²) < 4.78 is 13.0. The second kappa shape index (κ2) is 6.92. The largest absolute Gasteiger partial charge is 0.312 e. The van der Waals surface area contributed by atoms with E-state index in [-0.39, 0.29) is 5.82 Å². The maximum Gasteiger partial charge on any atom is 0.123 e. The summed E-state index contributed by atoms with van der Waals surface area (Å²) >= 11 is 1.94. The van der Waals surface area contributed by atoms with Gasteiger partial charge in [-0.2, -0.15) is 11.8 Å². The molecular weight excluding hydrogens is 221 g/mol. The summed E-state index contributed by atoms with van der Waals surface area (Å²) in [6, 6.07) is 5.34. The third kappa shape index (κ3) is 3.80. The Bertz CT molecular complexity index is 328. The van der Waals surface area contributed by atoms with Gasteiger partial charge in [-0.1, -0.05) is 13.0 Å². The van der Waals surface area contributed by atoms with Gasteiger partial charge in [0, 0.05) is 11.8 Å². The highest BCUT2D eigenvalue weighted by atomic mass is 32.2. The number of halogens is 1. The van der Waals surface area contributed by atoms with Crippen LogP contribution in [0, 0.1) is 12.7 Å². The van der Waals surface area contributed by atoms with Crippen LogP contribution in [0.2, 0.25) is 0 Å². The van der Waals surface area contributed by atoms with Gasteiger partial charge in [-0.3, -0.25) is 0 Å². The summed E-state index contributed by atoms with van der Waals surface area (Å²) in [7, 11) is 1.96. The molecule has 0 aromatic heterocycles. The molecule has 0 saturated carbocycles. The van der Waals surface area contributed by atoms with Crippen LogP contribution >= 0.6 is 11.8 Å². The van der Waals surface area contributed by atoms with Crippen LogP contribution in [0.1, 0.15) is 30.5 Å². The molecule has 90 valence electrons. The Morgan fingerprint density at radius 1 is 1.44 bits per heavy atom. The molecule has 1 nitrogen and oxygen atoms in total. The van der Waals surface area contributed by atoms with E-state index in [1.165, 1.54) is 23.8 Å². The quantitative estimate of drug-likeness (QED) is 0.765. The van der Waals surface area contributed by atoms with E-state index in [0.29, 0.717) is 6.04 Å². The number of thioether (sulfide) groups is 1. The molecule has 0 amide bonds. The van der Waals surface area contributed by atoms with Gasteiger partial charge in [0.1, 0.15) is 5.82 Å². The molecule has 3 heteroatoms. The van der Waals surface area contributed by atoms with E-state index in [2.05, 4.69) is 12.2 Å². The lowest BCUT2D eigenvalue weighted by atomic mass is 10.0. The van der Waals surface area contributed by atoms with Gasteiger partial charge < -0.3 is 5.32 Å². The summed E-state index contributed by atoms with van der Waals surface area (Å²) in [6.07, 6.45) is 1.20. The summed E-state index contributed by atoms with van der Waals surface area (Å²) in [5.74, 6) is 2.06. The third-order valence-corrected chi connectivity index (χ3v) is 3.85. The van der Waals surface area contributed by atoms with Gasteiger partial charge in [-0.25, -0.2) is 4.39 Å². The summed E-state index contributed by atoms with van der Waals surface area (Å²) in [5, 5.41) is 3.29. The van der Waals surface area contributed by atoms with E-state index in [1.807, 2.05) is 31.8 Å². The summed E-state index contributed by atoms with van der Waals surface area (Å²) in [5.41, 5.74) is 2.23. The normalized spacial score (nSPS) is 12.8. The molecular formula is C13H20FNS. The maximum atomic E-state index is 13.0. The number of hydrogen-bond donors (Lipinski definition) is 1. The molecule has 0 radical (unpaired) electrons. The van der Waals surface area contributed by atoms with Gasteiger partial charge in [0.15, 0.2) is 0 Å². The zero-order valence-corrected chi connectivity index (χ0v) is 11.0. The average Bonchev–Trinajstić information content (AvgIpc) is 2.26. The van der Waals surface area contributed by atoms with Gasteiger partial charge in [-0.15, -0.1) is 0 Å². The van der Waals surface area contributed by atoms with Crippen molar-refractivity contribution >= 4 is 11.8 Å². The van der Waals surface area contributed by atoms with Gasteiger partial charge in [0.05, 0.1) is 0 Å². The standard InChI is InChI=1S/C13H20FNS/c1-4-7-16-9-13(15-3)12-6-5-11(14)8-10(12)2/h5-6,8,13,15H,4,7,9H2,1-3H3. The molecule has 1 atom stereocenters. The molecule has 0 bridgehead atoms. The van der Waals surface area contributed by atoms with Crippen molar-refractivity contribution in [3.63, 3.8) is 0 Å². The predicted octanol–water partition coefficient (Wildman–Crippen LogP) is 3.54. The lowest BCUT2D eigenvalue weighted by Gasteiger charge is -2.18. The fraction of sp³-hybridized carbons (Fsp3) is 0.538. The van der Waals surface area contributed by atoms with Crippen molar-refractivity contribution in [2.24, 2.45) is 0 Å². The van der Waals surface area contributed by atoms with Crippen LogP contribution in [-0.4, -0.2) is 18.6 Å². The van der Waals surface area contributed by atoms with Crippen molar-refractivity contribution < 1.29 is 4.39 Å². The van der Waals surface area contributed by atoms with E-state index in [1.54, 1.807) is 6.07 Å². The minimum atomic E-state index is -0.155. The van der Waals surface area contributed by atoms with Crippen LogP contribution in [-0.2, 0) is 0 Å².